The van der Waals surface area contributed by atoms with Gasteiger partial charge in [-0.25, -0.2) is 4.39 Å². The minimum Gasteiger partial charge on any atom is -0.342 e. The highest BCUT2D eigenvalue weighted by atomic mass is 32.1. The number of halogens is 1. The zero-order valence-corrected chi connectivity index (χ0v) is 18.2. The fraction of sp³-hybridized carbons (Fsp3) is 0.458. The summed E-state index contributed by atoms with van der Waals surface area (Å²) in [5.74, 6) is 0.980. The van der Waals surface area contributed by atoms with Crippen molar-refractivity contribution >= 4 is 17.2 Å². The van der Waals surface area contributed by atoms with E-state index in [0.717, 1.165) is 45.1 Å². The van der Waals surface area contributed by atoms with E-state index in [4.69, 9.17) is 4.52 Å². The number of piperidine rings is 1. The largest absolute Gasteiger partial charge is 0.342 e. The molecule has 5 rings (SSSR count). The molecule has 0 spiro atoms. The molecule has 3 heterocycles. The average molecular weight is 440 g/mol. The van der Waals surface area contributed by atoms with Crippen LogP contribution in [0.25, 0.3) is 11.4 Å². The van der Waals surface area contributed by atoms with Crippen LogP contribution in [0, 0.1) is 11.7 Å². The highest BCUT2D eigenvalue weighted by molar-refractivity contribution is 7.10. The lowest BCUT2D eigenvalue weighted by Crippen LogP contribution is -2.49. The quantitative estimate of drug-likeness (QED) is 0.546. The molecule has 5 nitrogen and oxygen atoms in total. The Morgan fingerprint density at radius 3 is 2.81 bits per heavy atom. The second-order valence-electron chi connectivity index (χ2n) is 8.72. The second-order valence-corrected chi connectivity index (χ2v) is 9.67. The number of amides is 1. The summed E-state index contributed by atoms with van der Waals surface area (Å²) in [5.41, 5.74) is 0.00974. The molecule has 1 aliphatic carbocycles. The average Bonchev–Trinajstić information content (AvgIpc) is 3.55. The third-order valence-electron chi connectivity index (χ3n) is 6.71. The molecule has 2 aliphatic rings. The van der Waals surface area contributed by atoms with Gasteiger partial charge in [0.05, 0.1) is 11.0 Å². The molecule has 3 aromatic rings. The Morgan fingerprint density at radius 2 is 2.03 bits per heavy atom. The molecule has 31 heavy (non-hydrogen) atoms. The van der Waals surface area contributed by atoms with Crippen molar-refractivity contribution in [3.05, 3.63) is 58.4 Å². The first-order valence-corrected chi connectivity index (χ1v) is 11.9. The van der Waals surface area contributed by atoms with Gasteiger partial charge in [0.15, 0.2) is 0 Å². The maximum absolute atomic E-state index is 14.0. The molecule has 1 atom stereocenters. The first-order valence-electron chi connectivity index (χ1n) is 11.1. The number of nitrogens with zero attached hydrogens (tertiary/aromatic N) is 3. The number of likely N-dealkylation sites (tertiary alicyclic amines) is 1. The van der Waals surface area contributed by atoms with Gasteiger partial charge in [-0.3, -0.25) is 4.79 Å². The van der Waals surface area contributed by atoms with Crippen molar-refractivity contribution in [3.63, 3.8) is 0 Å². The van der Waals surface area contributed by atoms with E-state index in [1.165, 1.54) is 10.9 Å². The fourth-order valence-electron chi connectivity index (χ4n) is 5.15. The van der Waals surface area contributed by atoms with Crippen molar-refractivity contribution in [2.75, 3.05) is 13.1 Å². The Labute approximate surface area is 185 Å². The molecule has 1 saturated carbocycles. The molecule has 1 aromatic carbocycles. The zero-order chi connectivity index (χ0) is 21.3. The number of thiophene rings is 1. The number of rotatable bonds is 5. The maximum atomic E-state index is 14.0. The number of carbonyl (C=O) groups excluding carboxylic acids is 1. The lowest BCUT2D eigenvalue weighted by Gasteiger charge is -2.38. The van der Waals surface area contributed by atoms with E-state index in [-0.39, 0.29) is 28.9 Å². The van der Waals surface area contributed by atoms with Gasteiger partial charge >= 0.3 is 0 Å². The van der Waals surface area contributed by atoms with Crippen molar-refractivity contribution in [2.45, 2.75) is 50.4 Å². The first kappa shape index (κ1) is 20.4. The van der Waals surface area contributed by atoms with E-state index in [1.54, 1.807) is 29.5 Å². The van der Waals surface area contributed by atoms with Gasteiger partial charge in [0.1, 0.15) is 5.82 Å². The van der Waals surface area contributed by atoms with Gasteiger partial charge in [-0.15, -0.1) is 11.3 Å². The second kappa shape index (κ2) is 8.54. The number of carbonyl (C=O) groups is 1. The van der Waals surface area contributed by atoms with Gasteiger partial charge in [0.25, 0.3) is 0 Å². The predicted molar refractivity (Wildman–Crippen MR) is 117 cm³/mol. The summed E-state index contributed by atoms with van der Waals surface area (Å²) in [6.07, 6.45) is 6.73. The predicted octanol–water partition coefficient (Wildman–Crippen LogP) is 5.23. The van der Waals surface area contributed by atoms with Gasteiger partial charge < -0.3 is 9.42 Å². The molecule has 2 aromatic heterocycles. The Bertz CT molecular complexity index is 1040. The number of benzene rings is 1. The van der Waals surface area contributed by atoms with Crippen LogP contribution in [0.4, 0.5) is 4.39 Å². The SMILES string of the molecule is O=C(N1CCC[C@H](Cc2nc(-c3ccccc3F)no2)C1)C1(c2cccs2)CCCC1. The Balaban J connectivity index is 1.29. The number of hydrogen-bond acceptors (Lipinski definition) is 5. The van der Waals surface area contributed by atoms with Gasteiger partial charge in [0, 0.05) is 24.4 Å². The smallest absolute Gasteiger partial charge is 0.234 e. The van der Waals surface area contributed by atoms with Crippen LogP contribution in [0.2, 0.25) is 0 Å². The summed E-state index contributed by atoms with van der Waals surface area (Å²) in [7, 11) is 0. The van der Waals surface area contributed by atoms with Crippen LogP contribution < -0.4 is 0 Å². The summed E-state index contributed by atoms with van der Waals surface area (Å²) in [4.78, 5) is 21.4. The van der Waals surface area contributed by atoms with E-state index in [2.05, 4.69) is 32.6 Å². The molecule has 0 N–H and O–H groups in total. The standard InChI is InChI=1S/C24H26FN3O2S/c25-19-9-2-1-8-18(19)22-26-21(30-27-22)15-17-7-5-13-28(16-17)23(29)24(11-3-4-12-24)20-10-6-14-31-20/h1-2,6,8-10,14,17H,3-5,7,11-13,15-16H2/t17-/m1/s1. The van der Waals surface area contributed by atoms with Crippen LogP contribution >= 0.6 is 11.3 Å². The maximum Gasteiger partial charge on any atom is 0.234 e. The molecule has 0 unspecified atom stereocenters. The molecule has 162 valence electrons. The summed E-state index contributed by atoms with van der Waals surface area (Å²) >= 11 is 1.71. The summed E-state index contributed by atoms with van der Waals surface area (Å²) < 4.78 is 19.4. The van der Waals surface area contributed by atoms with Gasteiger partial charge in [-0.1, -0.05) is 36.2 Å². The lowest BCUT2D eigenvalue weighted by atomic mass is 9.81. The molecule has 0 radical (unpaired) electrons. The topological polar surface area (TPSA) is 59.2 Å². The fourth-order valence-corrected chi connectivity index (χ4v) is 6.13. The molecule has 2 fully saturated rings. The van der Waals surface area contributed by atoms with Crippen LogP contribution in [0.1, 0.15) is 49.3 Å². The van der Waals surface area contributed by atoms with Crippen LogP contribution in [-0.4, -0.2) is 34.0 Å². The number of aromatic nitrogens is 2. The van der Waals surface area contributed by atoms with Crippen molar-refractivity contribution in [3.8, 4) is 11.4 Å². The van der Waals surface area contributed by atoms with E-state index in [1.807, 2.05) is 0 Å². The summed E-state index contributed by atoms with van der Waals surface area (Å²) in [6.45, 7) is 1.52. The molecular weight excluding hydrogens is 413 g/mol. The van der Waals surface area contributed by atoms with E-state index < -0.39 is 0 Å². The molecule has 0 bridgehead atoms. The van der Waals surface area contributed by atoms with Crippen LogP contribution in [0.15, 0.2) is 46.3 Å². The number of hydrogen-bond donors (Lipinski definition) is 0. The Hall–Kier alpha value is -2.54. The Kier molecular flexibility index (Phi) is 5.61. The van der Waals surface area contributed by atoms with Crippen molar-refractivity contribution in [1.29, 1.82) is 0 Å². The third kappa shape index (κ3) is 3.91. The Morgan fingerprint density at radius 1 is 1.19 bits per heavy atom. The molecule has 1 saturated heterocycles. The van der Waals surface area contributed by atoms with Crippen molar-refractivity contribution in [1.82, 2.24) is 15.0 Å². The summed E-state index contributed by atoms with van der Waals surface area (Å²) in [5, 5.41) is 6.04. The van der Waals surface area contributed by atoms with Crippen LogP contribution in [0.5, 0.6) is 0 Å². The molecule has 7 heteroatoms. The van der Waals surface area contributed by atoms with Gasteiger partial charge in [-0.2, -0.15) is 4.98 Å². The minimum atomic E-state index is -0.361. The normalized spacial score (nSPS) is 20.8. The molecule has 1 amide bonds. The zero-order valence-electron chi connectivity index (χ0n) is 17.4. The van der Waals surface area contributed by atoms with E-state index >= 15 is 0 Å². The molecular formula is C24H26FN3O2S. The minimum absolute atomic E-state index is 0.272. The van der Waals surface area contributed by atoms with Gasteiger partial charge in [0.2, 0.25) is 17.6 Å². The van der Waals surface area contributed by atoms with Crippen LogP contribution in [-0.2, 0) is 16.6 Å². The van der Waals surface area contributed by atoms with Crippen molar-refractivity contribution in [2.24, 2.45) is 5.92 Å². The monoisotopic (exact) mass is 439 g/mol. The van der Waals surface area contributed by atoms with E-state index in [9.17, 15) is 9.18 Å². The molecule has 1 aliphatic heterocycles. The van der Waals surface area contributed by atoms with Crippen LogP contribution in [0.3, 0.4) is 0 Å². The highest BCUT2D eigenvalue weighted by Crippen LogP contribution is 2.45. The highest BCUT2D eigenvalue weighted by Gasteiger charge is 2.46. The van der Waals surface area contributed by atoms with Crippen molar-refractivity contribution < 1.29 is 13.7 Å². The summed E-state index contributed by atoms with van der Waals surface area (Å²) in [6, 6.07) is 10.6. The van der Waals surface area contributed by atoms with Gasteiger partial charge in [-0.05, 0) is 55.2 Å². The van der Waals surface area contributed by atoms with E-state index in [0.29, 0.717) is 24.4 Å². The first-order chi connectivity index (χ1) is 15.2. The lowest BCUT2D eigenvalue weighted by molar-refractivity contribution is -0.139. The third-order valence-corrected chi connectivity index (χ3v) is 7.79.